The molecule has 0 saturated heterocycles. The molecule has 0 bridgehead atoms. The van der Waals surface area contributed by atoms with Crippen molar-refractivity contribution < 1.29 is 0 Å². The van der Waals surface area contributed by atoms with Crippen LogP contribution in [-0.4, -0.2) is 15.2 Å². The van der Waals surface area contributed by atoms with Gasteiger partial charge in [-0.05, 0) is 61.4 Å². The Morgan fingerprint density at radius 1 is 0.917 bits per heavy atom. The number of anilines is 4. The van der Waals surface area contributed by atoms with Crippen LogP contribution in [0.1, 0.15) is 16.7 Å². The largest absolute Gasteiger partial charge is 0.339 e. The molecule has 0 aliphatic heterocycles. The molecule has 6 nitrogen and oxygen atoms in total. The lowest BCUT2D eigenvalue weighted by atomic mass is 10.1. The number of aromatic nitrogens is 3. The van der Waals surface area contributed by atoms with Gasteiger partial charge in [0.25, 0.3) is 0 Å². The van der Waals surface area contributed by atoms with E-state index in [1.54, 1.807) is 18.3 Å². The zero-order valence-corrected chi connectivity index (χ0v) is 13.4. The van der Waals surface area contributed by atoms with Crippen LogP contribution < -0.4 is 10.6 Å². The summed E-state index contributed by atoms with van der Waals surface area (Å²) < 4.78 is 0. The summed E-state index contributed by atoms with van der Waals surface area (Å²) in [5, 5.41) is 23.1. The molecule has 24 heavy (non-hydrogen) atoms. The maximum Gasteiger partial charge on any atom is 0.249 e. The van der Waals surface area contributed by atoms with Crippen LogP contribution in [-0.2, 0) is 0 Å². The van der Waals surface area contributed by atoms with Crippen LogP contribution >= 0.6 is 0 Å². The Balaban J connectivity index is 1.77. The fourth-order valence-corrected chi connectivity index (χ4v) is 2.37. The van der Waals surface area contributed by atoms with Gasteiger partial charge in [-0.1, -0.05) is 6.07 Å². The standard InChI is InChI=1S/C18H16N6/c1-12-7-13(2)9-16(8-12)22-18-23-17(11-20-24-18)21-15-5-3-14(10-19)4-6-15/h3-9,11H,1-2H3,(H2,21,22,23,24). The summed E-state index contributed by atoms with van der Waals surface area (Å²) in [7, 11) is 0. The molecular formula is C18H16N6. The molecule has 0 aliphatic carbocycles. The molecule has 6 heteroatoms. The average Bonchev–Trinajstić information content (AvgIpc) is 2.55. The van der Waals surface area contributed by atoms with E-state index in [1.807, 2.05) is 38.1 Å². The van der Waals surface area contributed by atoms with Gasteiger partial charge in [-0.2, -0.15) is 15.3 Å². The van der Waals surface area contributed by atoms with Crippen LogP contribution in [0.5, 0.6) is 0 Å². The second-order valence-corrected chi connectivity index (χ2v) is 5.48. The Morgan fingerprint density at radius 3 is 2.29 bits per heavy atom. The Hall–Kier alpha value is -3.46. The maximum atomic E-state index is 8.82. The minimum absolute atomic E-state index is 0.415. The van der Waals surface area contributed by atoms with E-state index in [2.05, 4.69) is 38.0 Å². The van der Waals surface area contributed by atoms with Crippen molar-refractivity contribution >= 4 is 23.1 Å². The van der Waals surface area contributed by atoms with Crippen LogP contribution in [0.3, 0.4) is 0 Å². The van der Waals surface area contributed by atoms with Gasteiger partial charge in [0.2, 0.25) is 5.95 Å². The van der Waals surface area contributed by atoms with Crippen LogP contribution in [0.15, 0.2) is 48.7 Å². The van der Waals surface area contributed by atoms with E-state index < -0.39 is 0 Å². The predicted octanol–water partition coefficient (Wildman–Crippen LogP) is 3.85. The SMILES string of the molecule is Cc1cc(C)cc(Nc2nncc(Nc3ccc(C#N)cc3)n2)c1. The Bertz CT molecular complexity index is 876. The zero-order valence-electron chi connectivity index (χ0n) is 13.4. The molecule has 0 fully saturated rings. The Morgan fingerprint density at radius 2 is 1.62 bits per heavy atom. The van der Waals surface area contributed by atoms with Gasteiger partial charge in [-0.25, -0.2) is 0 Å². The molecule has 0 atom stereocenters. The van der Waals surface area contributed by atoms with Crippen LogP contribution in [0.2, 0.25) is 0 Å². The Kier molecular flexibility index (Phi) is 4.34. The topological polar surface area (TPSA) is 86.5 Å². The predicted molar refractivity (Wildman–Crippen MR) is 93.5 cm³/mol. The summed E-state index contributed by atoms with van der Waals surface area (Å²) in [5.41, 5.74) is 4.69. The number of nitriles is 1. The lowest BCUT2D eigenvalue weighted by molar-refractivity contribution is 0.982. The second-order valence-electron chi connectivity index (χ2n) is 5.48. The lowest BCUT2D eigenvalue weighted by Gasteiger charge is -2.09. The molecule has 0 radical (unpaired) electrons. The number of hydrogen-bond donors (Lipinski definition) is 2. The minimum atomic E-state index is 0.415. The van der Waals surface area contributed by atoms with Gasteiger partial charge < -0.3 is 10.6 Å². The smallest absolute Gasteiger partial charge is 0.249 e. The molecule has 3 rings (SSSR count). The van der Waals surface area contributed by atoms with Crippen molar-refractivity contribution in [3.8, 4) is 6.07 Å². The molecule has 0 saturated carbocycles. The first-order valence-electron chi connectivity index (χ1n) is 7.44. The molecule has 0 aliphatic rings. The van der Waals surface area contributed by atoms with Crippen molar-refractivity contribution in [1.82, 2.24) is 15.2 Å². The zero-order chi connectivity index (χ0) is 16.9. The molecule has 3 aromatic rings. The van der Waals surface area contributed by atoms with Crippen molar-refractivity contribution in [2.75, 3.05) is 10.6 Å². The first-order valence-corrected chi connectivity index (χ1v) is 7.44. The minimum Gasteiger partial charge on any atom is -0.339 e. The Labute approximate surface area is 140 Å². The van der Waals surface area contributed by atoms with Gasteiger partial charge in [0, 0.05) is 11.4 Å². The van der Waals surface area contributed by atoms with Crippen molar-refractivity contribution in [2.24, 2.45) is 0 Å². The van der Waals surface area contributed by atoms with Crippen molar-refractivity contribution in [1.29, 1.82) is 5.26 Å². The summed E-state index contributed by atoms with van der Waals surface area (Å²) >= 11 is 0. The average molecular weight is 316 g/mol. The van der Waals surface area contributed by atoms with Gasteiger partial charge >= 0.3 is 0 Å². The summed E-state index contributed by atoms with van der Waals surface area (Å²) in [6, 6.07) is 15.4. The fourth-order valence-electron chi connectivity index (χ4n) is 2.37. The lowest BCUT2D eigenvalue weighted by Crippen LogP contribution is -2.02. The highest BCUT2D eigenvalue weighted by Crippen LogP contribution is 2.19. The molecular weight excluding hydrogens is 300 g/mol. The number of nitrogens with zero attached hydrogens (tertiary/aromatic N) is 4. The third-order valence-corrected chi connectivity index (χ3v) is 3.32. The summed E-state index contributed by atoms with van der Waals surface area (Å²) in [4.78, 5) is 4.40. The summed E-state index contributed by atoms with van der Waals surface area (Å²) in [6.45, 7) is 4.08. The molecule has 1 heterocycles. The second kappa shape index (κ2) is 6.75. The molecule has 0 amide bonds. The number of rotatable bonds is 4. The molecule has 0 spiro atoms. The van der Waals surface area contributed by atoms with E-state index in [-0.39, 0.29) is 0 Å². The fraction of sp³-hybridized carbons (Fsp3) is 0.111. The number of nitrogens with one attached hydrogen (secondary N) is 2. The van der Waals surface area contributed by atoms with E-state index >= 15 is 0 Å². The molecule has 2 aromatic carbocycles. The number of hydrogen-bond acceptors (Lipinski definition) is 6. The number of benzene rings is 2. The van der Waals surface area contributed by atoms with Crippen LogP contribution in [0.4, 0.5) is 23.1 Å². The summed E-state index contributed by atoms with van der Waals surface area (Å²) in [6.07, 6.45) is 1.55. The maximum absolute atomic E-state index is 8.82. The first kappa shape index (κ1) is 15.4. The highest BCUT2D eigenvalue weighted by atomic mass is 15.3. The van der Waals surface area contributed by atoms with Crippen LogP contribution in [0.25, 0.3) is 0 Å². The third-order valence-electron chi connectivity index (χ3n) is 3.32. The van der Waals surface area contributed by atoms with Crippen LogP contribution in [0, 0.1) is 25.2 Å². The van der Waals surface area contributed by atoms with Gasteiger partial charge in [0.1, 0.15) is 0 Å². The van der Waals surface area contributed by atoms with Gasteiger partial charge in [0.15, 0.2) is 5.82 Å². The normalized spacial score (nSPS) is 10.0. The van der Waals surface area contributed by atoms with E-state index in [9.17, 15) is 0 Å². The van der Waals surface area contributed by atoms with Crippen molar-refractivity contribution in [3.63, 3.8) is 0 Å². The first-order chi connectivity index (χ1) is 11.6. The van der Waals surface area contributed by atoms with Crippen molar-refractivity contribution in [3.05, 3.63) is 65.4 Å². The molecule has 2 N–H and O–H groups in total. The van der Waals surface area contributed by atoms with Crippen molar-refractivity contribution in [2.45, 2.75) is 13.8 Å². The quantitative estimate of drug-likeness (QED) is 0.760. The van der Waals surface area contributed by atoms with E-state index in [0.29, 0.717) is 17.3 Å². The van der Waals surface area contributed by atoms with E-state index in [0.717, 1.165) is 22.5 Å². The number of aryl methyl sites for hydroxylation is 2. The molecule has 0 unspecified atom stereocenters. The van der Waals surface area contributed by atoms with Gasteiger partial charge in [-0.15, -0.1) is 5.10 Å². The van der Waals surface area contributed by atoms with E-state index in [1.165, 1.54) is 0 Å². The van der Waals surface area contributed by atoms with Gasteiger partial charge in [0.05, 0.1) is 17.8 Å². The van der Waals surface area contributed by atoms with Gasteiger partial charge in [-0.3, -0.25) is 0 Å². The third kappa shape index (κ3) is 3.84. The monoisotopic (exact) mass is 316 g/mol. The summed E-state index contributed by atoms with van der Waals surface area (Å²) in [5.74, 6) is 0.986. The highest BCUT2D eigenvalue weighted by Gasteiger charge is 2.03. The molecule has 118 valence electrons. The van der Waals surface area contributed by atoms with E-state index in [4.69, 9.17) is 5.26 Å². The molecule has 1 aromatic heterocycles. The highest BCUT2D eigenvalue weighted by molar-refractivity contribution is 5.60.